The van der Waals surface area contributed by atoms with Crippen LogP contribution in [0, 0.1) is 0 Å². The van der Waals surface area contributed by atoms with E-state index in [0.717, 1.165) is 6.42 Å². The van der Waals surface area contributed by atoms with E-state index in [1.54, 1.807) is 0 Å². The van der Waals surface area contributed by atoms with Gasteiger partial charge in [0.2, 0.25) is 0 Å². The molecule has 0 aromatic heterocycles. The van der Waals surface area contributed by atoms with Gasteiger partial charge in [0.05, 0.1) is 0 Å². The van der Waals surface area contributed by atoms with Gasteiger partial charge >= 0.3 is 77.2 Å². The molecule has 1 aliphatic carbocycles. The van der Waals surface area contributed by atoms with Crippen LogP contribution in [0.4, 0.5) is 0 Å². The summed E-state index contributed by atoms with van der Waals surface area (Å²) in [6.45, 7) is 15.7. The first-order valence-electron chi connectivity index (χ1n) is 5.00. The second-order valence-electron chi connectivity index (χ2n) is 2.99. The van der Waals surface area contributed by atoms with Crippen LogP contribution in [0.5, 0.6) is 0 Å². The topological polar surface area (TPSA) is 51.2 Å². The maximum Gasteiger partial charge on any atom is 0.281 e. The molecule has 92 valence electrons. The van der Waals surface area contributed by atoms with Crippen LogP contribution in [-0.2, 0) is 30.4 Å². The Morgan fingerprint density at radius 1 is 1.12 bits per heavy atom. The summed E-state index contributed by atoms with van der Waals surface area (Å²) in [5, 5.41) is 0. The Labute approximate surface area is 112 Å². The molecule has 0 N–H and O–H groups in total. The third kappa shape index (κ3) is 12.9. The molecule has 0 spiro atoms. The second-order valence-corrected chi connectivity index (χ2v) is 3.71. The summed E-state index contributed by atoms with van der Waals surface area (Å²) in [5.41, 5.74) is 1.51. The molecule has 0 saturated heterocycles. The maximum absolute atomic E-state index is 7.50. The molecule has 4 heteroatoms. The number of hydrogen-bond acceptors (Lipinski definition) is 3. The average Bonchev–Trinajstić information content (AvgIpc) is 2.83. The minimum atomic E-state index is 1.11. The van der Waals surface area contributed by atoms with E-state index in [4.69, 9.17) is 14.4 Å². The Bertz CT molecular complexity index is 220. The maximum atomic E-state index is 7.50. The van der Waals surface area contributed by atoms with Crippen LogP contribution in [0.2, 0.25) is 0 Å². The molecule has 0 bridgehead atoms. The van der Waals surface area contributed by atoms with Crippen molar-refractivity contribution in [3.63, 3.8) is 0 Å². The molecule has 0 heterocycles. The molecule has 1 rings (SSSR count). The first kappa shape index (κ1) is 21.3. The summed E-state index contributed by atoms with van der Waals surface area (Å²) in [7, 11) is 0. The molecular formula is C13H15MnO3. The van der Waals surface area contributed by atoms with Crippen LogP contribution < -0.4 is 0 Å². The van der Waals surface area contributed by atoms with E-state index in [-0.39, 0.29) is 0 Å². The summed E-state index contributed by atoms with van der Waals surface area (Å²) < 4.78 is 1.40. The van der Waals surface area contributed by atoms with Crippen molar-refractivity contribution in [1.29, 1.82) is 0 Å². The molecule has 0 fully saturated rings. The van der Waals surface area contributed by atoms with Gasteiger partial charge < -0.3 is 0 Å². The first-order valence-corrected chi connectivity index (χ1v) is 5.59. The number of carbonyl (C=O) groups excluding carboxylic acids is 3. The zero-order valence-electron chi connectivity index (χ0n) is 9.79. The minimum absolute atomic E-state index is 1.11. The standard InChI is InChI=1S/C10H15.3CO.Mn/c1-2-3-4-7-10-8-5-6-9-10;3*1-2;/h5,8H,2-4,6-7H2,1H3;;;;. The Kier molecular flexibility index (Phi) is 25.6. The molecule has 17 heavy (non-hydrogen) atoms. The third-order valence-electron chi connectivity index (χ3n) is 2.01. The van der Waals surface area contributed by atoms with E-state index in [1.807, 2.05) is 0 Å². The number of allylic oxidation sites excluding steroid dienone is 4. The fraction of sp³-hybridized carbons (Fsp3) is 0.462. The van der Waals surface area contributed by atoms with E-state index in [0.29, 0.717) is 0 Å². The first-order chi connectivity index (χ1) is 8.34. The zero-order chi connectivity index (χ0) is 14.1. The second kappa shape index (κ2) is 20.4. The normalized spacial score (nSPS) is 11.4. The van der Waals surface area contributed by atoms with Gasteiger partial charge in [-0.3, -0.25) is 14.4 Å². The molecule has 0 aromatic rings. The summed E-state index contributed by atoms with van der Waals surface area (Å²) in [4.78, 5) is 22.5. The van der Waals surface area contributed by atoms with Gasteiger partial charge in [0.25, 0.3) is 20.4 Å². The molecule has 1 aliphatic rings. The van der Waals surface area contributed by atoms with Gasteiger partial charge in [0, 0.05) is 0 Å². The van der Waals surface area contributed by atoms with Gasteiger partial charge in [-0.2, -0.15) is 0 Å². The van der Waals surface area contributed by atoms with Gasteiger partial charge in [-0.25, -0.2) is 0 Å². The zero-order valence-corrected chi connectivity index (χ0v) is 11.0. The van der Waals surface area contributed by atoms with Crippen molar-refractivity contribution in [2.24, 2.45) is 0 Å². The molecule has 6 radical (unpaired) electrons. The minimum Gasteiger partial charge on any atom is -0.281 e. The smallest absolute Gasteiger partial charge is 0.281 e. The van der Waals surface area contributed by atoms with Crippen LogP contribution in [0.15, 0.2) is 22.2 Å². The molecule has 0 amide bonds. The van der Waals surface area contributed by atoms with Crippen molar-refractivity contribution in [2.45, 2.75) is 39.0 Å². The van der Waals surface area contributed by atoms with Crippen LogP contribution in [0.25, 0.3) is 0 Å². The fourth-order valence-corrected chi connectivity index (χ4v) is 1.70. The Balaban J connectivity index is -0.000000285. The van der Waals surface area contributed by atoms with E-state index >= 15 is 0 Å². The van der Waals surface area contributed by atoms with Crippen molar-refractivity contribution >= 4 is 20.4 Å². The van der Waals surface area contributed by atoms with Gasteiger partial charge in [0.1, 0.15) is 0 Å². The molecule has 0 saturated carbocycles. The van der Waals surface area contributed by atoms with E-state index in [2.05, 4.69) is 55.5 Å². The monoisotopic (exact) mass is 274 g/mol. The molecular weight excluding hydrogens is 259 g/mol. The van der Waals surface area contributed by atoms with E-state index in [9.17, 15) is 0 Å². The van der Waals surface area contributed by atoms with Crippen molar-refractivity contribution in [3.8, 4) is 0 Å². The molecule has 0 unspecified atom stereocenters. The van der Waals surface area contributed by atoms with Crippen molar-refractivity contribution in [3.05, 3.63) is 22.2 Å². The van der Waals surface area contributed by atoms with Crippen LogP contribution in [-0.4, -0.2) is 20.4 Å². The summed E-state index contributed by atoms with van der Waals surface area (Å²) in [6.07, 6.45) is 10.9. The summed E-state index contributed by atoms with van der Waals surface area (Å²) in [6, 6.07) is 0. The predicted molar refractivity (Wildman–Crippen MR) is 62.0 cm³/mol. The molecule has 3 nitrogen and oxygen atoms in total. The van der Waals surface area contributed by atoms with Crippen LogP contribution in [0.1, 0.15) is 39.0 Å². The van der Waals surface area contributed by atoms with Crippen molar-refractivity contribution in [1.82, 2.24) is 0 Å². The fourth-order valence-electron chi connectivity index (χ4n) is 1.31. The van der Waals surface area contributed by atoms with Crippen LogP contribution in [0.3, 0.4) is 0 Å². The quantitative estimate of drug-likeness (QED) is 0.583. The Hall–Kier alpha value is -0.991. The van der Waals surface area contributed by atoms with Gasteiger partial charge in [-0.1, -0.05) is 0 Å². The molecule has 0 aromatic carbocycles. The Morgan fingerprint density at radius 2 is 1.65 bits per heavy atom. The largest absolute Gasteiger partial charge is 0.281 e. The predicted octanol–water partition coefficient (Wildman–Crippen LogP) is 2.14. The molecule has 0 aliphatic heterocycles. The van der Waals surface area contributed by atoms with E-state index < -0.39 is 0 Å². The summed E-state index contributed by atoms with van der Waals surface area (Å²) >= 11 is 3.57. The third-order valence-corrected chi connectivity index (χ3v) is 2.63. The van der Waals surface area contributed by atoms with Gasteiger partial charge in [-0.05, 0) is 0 Å². The van der Waals surface area contributed by atoms with Crippen molar-refractivity contribution < 1.29 is 30.4 Å². The van der Waals surface area contributed by atoms with E-state index in [1.165, 1.54) is 35.7 Å². The van der Waals surface area contributed by atoms with Gasteiger partial charge in [-0.15, -0.1) is 0 Å². The SMILES string of the molecule is CCCCCC1=[C]([Mn])CC=C1.[C]=O.[C]=O.[C]=O. The number of unbranched alkanes of at least 4 members (excludes halogenated alkanes) is 2. The van der Waals surface area contributed by atoms with Crippen molar-refractivity contribution in [2.75, 3.05) is 0 Å². The number of hydrogen-bond donors (Lipinski definition) is 0. The Morgan fingerprint density at radius 3 is 2.00 bits per heavy atom. The van der Waals surface area contributed by atoms with Crippen LogP contribution >= 0.6 is 0 Å². The summed E-state index contributed by atoms with van der Waals surface area (Å²) in [5.74, 6) is 0. The average molecular weight is 274 g/mol. The molecule has 0 atom stereocenters. The van der Waals surface area contributed by atoms with Gasteiger partial charge in [0.15, 0.2) is 0 Å². The number of rotatable bonds is 4.